The molecule has 24 heavy (non-hydrogen) atoms. The molecule has 4 rings (SSSR count). The minimum atomic E-state index is -0.144. The molecule has 0 spiro atoms. The van der Waals surface area contributed by atoms with Crippen molar-refractivity contribution in [1.82, 2.24) is 9.80 Å². The largest absolute Gasteiger partial charge is 0.338 e. The third kappa shape index (κ3) is 2.71. The maximum atomic E-state index is 12.7. The molecule has 2 aromatic rings. The van der Waals surface area contributed by atoms with Crippen molar-refractivity contribution in [2.45, 2.75) is 18.9 Å². The number of likely N-dealkylation sites (tertiary alicyclic amines) is 1. The molecule has 2 aliphatic heterocycles. The molecular formula is C17H16N2O3S2. The number of benzene rings is 1. The SMILES string of the molecule is O=C(c1cc2ccccc2s1)N1CCC(N2C(=O)CSC2=O)CC1. The van der Waals surface area contributed by atoms with Gasteiger partial charge in [0.25, 0.3) is 11.1 Å². The fraction of sp³-hybridized carbons (Fsp3) is 0.353. The number of hydrogen-bond donors (Lipinski definition) is 0. The number of fused-ring (bicyclic) bond motifs is 1. The van der Waals surface area contributed by atoms with Gasteiger partial charge in [0.1, 0.15) is 0 Å². The number of thiophene rings is 1. The first-order valence-corrected chi connectivity index (χ1v) is 9.70. The molecule has 0 saturated carbocycles. The van der Waals surface area contributed by atoms with E-state index in [0.29, 0.717) is 25.9 Å². The predicted molar refractivity (Wildman–Crippen MR) is 95.5 cm³/mol. The minimum Gasteiger partial charge on any atom is -0.338 e. The molecule has 1 aromatic heterocycles. The lowest BCUT2D eigenvalue weighted by Gasteiger charge is -2.35. The van der Waals surface area contributed by atoms with Gasteiger partial charge in [0.2, 0.25) is 5.91 Å². The van der Waals surface area contributed by atoms with E-state index in [-0.39, 0.29) is 28.8 Å². The Kier molecular flexibility index (Phi) is 4.05. The molecular weight excluding hydrogens is 344 g/mol. The first kappa shape index (κ1) is 15.7. The van der Waals surface area contributed by atoms with E-state index in [1.165, 1.54) is 16.2 Å². The fourth-order valence-corrected chi connectivity index (χ4v) is 5.09. The molecule has 0 aliphatic carbocycles. The molecule has 1 aromatic carbocycles. The Balaban J connectivity index is 1.44. The summed E-state index contributed by atoms with van der Waals surface area (Å²) in [5.74, 6) is 0.196. The highest BCUT2D eigenvalue weighted by atomic mass is 32.2. The van der Waals surface area contributed by atoms with Crippen LogP contribution in [0.2, 0.25) is 0 Å². The van der Waals surface area contributed by atoms with Gasteiger partial charge in [-0.25, -0.2) is 0 Å². The number of thioether (sulfide) groups is 1. The third-order valence-corrected chi connectivity index (χ3v) is 6.48. The zero-order valence-corrected chi connectivity index (χ0v) is 14.6. The molecule has 0 bridgehead atoms. The van der Waals surface area contributed by atoms with Crippen LogP contribution in [0.1, 0.15) is 22.5 Å². The van der Waals surface area contributed by atoms with Crippen LogP contribution < -0.4 is 0 Å². The smallest absolute Gasteiger partial charge is 0.289 e. The minimum absolute atomic E-state index is 0.0445. The molecule has 0 radical (unpaired) electrons. The van der Waals surface area contributed by atoms with Gasteiger partial charge in [-0.05, 0) is 30.4 Å². The summed E-state index contributed by atoms with van der Waals surface area (Å²) >= 11 is 2.58. The predicted octanol–water partition coefficient (Wildman–Crippen LogP) is 3.20. The summed E-state index contributed by atoms with van der Waals surface area (Å²) in [6.07, 6.45) is 1.32. The first-order valence-electron chi connectivity index (χ1n) is 7.90. The molecule has 5 nitrogen and oxygen atoms in total. The summed E-state index contributed by atoms with van der Waals surface area (Å²) in [6.45, 7) is 1.17. The lowest BCUT2D eigenvalue weighted by molar-refractivity contribution is -0.126. The number of rotatable bonds is 2. The van der Waals surface area contributed by atoms with Crippen LogP contribution in [0.15, 0.2) is 30.3 Å². The quantitative estimate of drug-likeness (QED) is 0.825. The molecule has 7 heteroatoms. The van der Waals surface area contributed by atoms with E-state index in [2.05, 4.69) is 0 Å². The van der Waals surface area contributed by atoms with Gasteiger partial charge in [-0.1, -0.05) is 30.0 Å². The molecule has 2 saturated heterocycles. The van der Waals surface area contributed by atoms with Crippen molar-refractivity contribution < 1.29 is 14.4 Å². The summed E-state index contributed by atoms with van der Waals surface area (Å²) < 4.78 is 1.11. The van der Waals surface area contributed by atoms with Gasteiger partial charge in [-0.2, -0.15) is 0 Å². The highest BCUT2D eigenvalue weighted by molar-refractivity contribution is 8.14. The van der Waals surface area contributed by atoms with Crippen LogP contribution in [0.25, 0.3) is 10.1 Å². The first-order chi connectivity index (χ1) is 11.6. The summed E-state index contributed by atoms with van der Waals surface area (Å²) in [7, 11) is 0. The van der Waals surface area contributed by atoms with Crippen molar-refractivity contribution in [3.63, 3.8) is 0 Å². The second-order valence-electron chi connectivity index (χ2n) is 5.99. The topological polar surface area (TPSA) is 57.7 Å². The van der Waals surface area contributed by atoms with Crippen LogP contribution in [-0.4, -0.2) is 51.7 Å². The Hall–Kier alpha value is -1.86. The lowest BCUT2D eigenvalue weighted by atomic mass is 10.0. The maximum absolute atomic E-state index is 12.7. The lowest BCUT2D eigenvalue weighted by Crippen LogP contribution is -2.48. The Labute approximate surface area is 147 Å². The Morgan fingerprint density at radius 2 is 1.88 bits per heavy atom. The average molecular weight is 360 g/mol. The van der Waals surface area contributed by atoms with Gasteiger partial charge >= 0.3 is 0 Å². The second kappa shape index (κ2) is 6.22. The number of hydrogen-bond acceptors (Lipinski definition) is 5. The van der Waals surface area contributed by atoms with E-state index in [1.54, 1.807) is 0 Å². The van der Waals surface area contributed by atoms with Crippen LogP contribution >= 0.6 is 23.1 Å². The van der Waals surface area contributed by atoms with Crippen LogP contribution in [-0.2, 0) is 4.79 Å². The van der Waals surface area contributed by atoms with Gasteiger partial charge in [-0.3, -0.25) is 19.3 Å². The van der Waals surface area contributed by atoms with E-state index in [0.717, 1.165) is 26.7 Å². The number of amides is 3. The Morgan fingerprint density at radius 3 is 2.54 bits per heavy atom. The zero-order chi connectivity index (χ0) is 16.7. The van der Waals surface area contributed by atoms with Gasteiger partial charge in [0.15, 0.2) is 0 Å². The van der Waals surface area contributed by atoms with E-state index < -0.39 is 0 Å². The molecule has 2 fully saturated rings. The molecule has 3 amide bonds. The van der Waals surface area contributed by atoms with Crippen LogP contribution in [0.4, 0.5) is 4.79 Å². The maximum Gasteiger partial charge on any atom is 0.289 e. The fourth-order valence-electron chi connectivity index (χ4n) is 3.29. The zero-order valence-electron chi connectivity index (χ0n) is 12.9. The van der Waals surface area contributed by atoms with Crippen molar-refractivity contribution in [2.24, 2.45) is 0 Å². The molecule has 0 unspecified atom stereocenters. The summed E-state index contributed by atoms with van der Waals surface area (Å²) in [5.41, 5.74) is 0. The molecule has 0 N–H and O–H groups in total. The van der Waals surface area contributed by atoms with Crippen molar-refractivity contribution in [3.05, 3.63) is 35.2 Å². The van der Waals surface area contributed by atoms with Crippen LogP contribution in [0, 0.1) is 0 Å². The second-order valence-corrected chi connectivity index (χ2v) is 8.00. The monoisotopic (exact) mass is 360 g/mol. The highest BCUT2D eigenvalue weighted by Gasteiger charge is 2.38. The van der Waals surface area contributed by atoms with Gasteiger partial charge < -0.3 is 4.90 Å². The van der Waals surface area contributed by atoms with Crippen LogP contribution in [0.3, 0.4) is 0 Å². The average Bonchev–Trinajstić information content (AvgIpc) is 3.18. The van der Waals surface area contributed by atoms with E-state index >= 15 is 0 Å². The summed E-state index contributed by atoms with van der Waals surface area (Å²) in [5, 5.41) is 0.945. The number of imide groups is 1. The molecule has 3 heterocycles. The molecule has 2 aliphatic rings. The van der Waals surface area contributed by atoms with Crippen molar-refractivity contribution in [3.8, 4) is 0 Å². The van der Waals surface area contributed by atoms with Crippen molar-refractivity contribution in [2.75, 3.05) is 18.8 Å². The Bertz CT molecular complexity index is 775. The summed E-state index contributed by atoms with van der Waals surface area (Å²) in [6, 6.07) is 9.85. The molecule has 0 atom stereocenters. The van der Waals surface area contributed by atoms with Crippen molar-refractivity contribution >= 4 is 50.2 Å². The Morgan fingerprint density at radius 1 is 1.12 bits per heavy atom. The van der Waals surface area contributed by atoms with E-state index in [1.807, 2.05) is 35.2 Å². The number of carbonyl (C=O) groups is 3. The third-order valence-electron chi connectivity index (χ3n) is 4.54. The highest BCUT2D eigenvalue weighted by Crippen LogP contribution is 2.29. The number of piperidine rings is 1. The molecule has 124 valence electrons. The van der Waals surface area contributed by atoms with E-state index in [9.17, 15) is 14.4 Å². The van der Waals surface area contributed by atoms with Crippen LogP contribution in [0.5, 0.6) is 0 Å². The normalized spacial score (nSPS) is 19.5. The number of carbonyl (C=O) groups excluding carboxylic acids is 3. The van der Waals surface area contributed by atoms with Gasteiger partial charge in [-0.15, -0.1) is 11.3 Å². The van der Waals surface area contributed by atoms with Gasteiger partial charge in [0.05, 0.1) is 10.6 Å². The number of nitrogens with zero attached hydrogens (tertiary/aromatic N) is 2. The van der Waals surface area contributed by atoms with E-state index in [4.69, 9.17) is 0 Å². The van der Waals surface area contributed by atoms with Gasteiger partial charge in [0, 0.05) is 23.8 Å². The standard InChI is InChI=1S/C17H16N2O3S2/c20-15-10-23-17(22)19(15)12-5-7-18(8-6-12)16(21)14-9-11-3-1-2-4-13(11)24-14/h1-4,9,12H,5-8,10H2. The van der Waals surface area contributed by atoms with Crippen molar-refractivity contribution in [1.29, 1.82) is 0 Å². The summed E-state index contributed by atoms with van der Waals surface area (Å²) in [4.78, 5) is 40.3.